The molecule has 0 saturated carbocycles. The lowest BCUT2D eigenvalue weighted by atomic mass is 10.0. The Balaban J connectivity index is -0.00000207. The second-order valence-electron chi connectivity index (χ2n) is 14.1. The third kappa shape index (κ3) is 49.1. The maximum absolute atomic E-state index is 12.4. The largest absolute Gasteiger partial charge is 0.446 e. The summed E-state index contributed by atoms with van der Waals surface area (Å²) in [6.45, 7) is 13.0. The molecule has 0 rings (SSSR count). The van der Waals surface area contributed by atoms with Crippen LogP contribution in [0.3, 0.4) is 0 Å². The zero-order valence-corrected chi connectivity index (χ0v) is 33.2. The zero-order valence-electron chi connectivity index (χ0n) is 33.2. The summed E-state index contributed by atoms with van der Waals surface area (Å²) in [6.07, 6.45) is 42.3. The molecule has 0 aromatic heterocycles. The van der Waals surface area contributed by atoms with Crippen molar-refractivity contribution < 1.29 is 19.0 Å². The van der Waals surface area contributed by atoms with Gasteiger partial charge in [0, 0.05) is 20.3 Å². The molecule has 0 aromatic rings. The number of hydrogen-bond donors (Lipinski definition) is 1. The van der Waals surface area contributed by atoms with Crippen LogP contribution in [0.15, 0.2) is 12.7 Å². The van der Waals surface area contributed by atoms with E-state index in [4.69, 9.17) is 14.2 Å². The van der Waals surface area contributed by atoms with Gasteiger partial charge in [0.05, 0.1) is 13.2 Å². The number of rotatable bonds is 38. The van der Waals surface area contributed by atoms with Crippen LogP contribution < -0.4 is 5.32 Å². The molecule has 1 atom stereocenters. The number of nitrogens with one attached hydrogen (secondary N) is 1. The van der Waals surface area contributed by atoms with Crippen molar-refractivity contribution in [3.8, 4) is 0 Å². The highest BCUT2D eigenvalue weighted by Gasteiger charge is 2.14. The van der Waals surface area contributed by atoms with E-state index in [2.05, 4.69) is 32.7 Å². The van der Waals surface area contributed by atoms with Crippen LogP contribution in [0.1, 0.15) is 227 Å². The molecule has 0 bridgehead atoms. The lowest BCUT2D eigenvalue weighted by molar-refractivity contribution is 0.0670. The first-order chi connectivity index (χ1) is 23.7. The van der Waals surface area contributed by atoms with Gasteiger partial charge in [0.1, 0.15) is 6.10 Å². The number of ether oxygens (including phenoxy) is 3. The van der Waals surface area contributed by atoms with Crippen LogP contribution >= 0.6 is 0 Å². The van der Waals surface area contributed by atoms with Crippen LogP contribution in [0.4, 0.5) is 4.79 Å². The Morgan fingerprint density at radius 1 is 0.551 bits per heavy atom. The summed E-state index contributed by atoms with van der Waals surface area (Å²) in [5, 5.41) is 2.90. The number of unbranched alkanes of at least 4 members (excludes halogenated alkanes) is 25. The first kappa shape index (κ1) is 52.3. The second kappa shape index (κ2) is 49.0. The maximum atomic E-state index is 12.4. The minimum Gasteiger partial charge on any atom is -0.446 e. The van der Waals surface area contributed by atoms with Crippen molar-refractivity contribution >= 4 is 6.09 Å². The van der Waals surface area contributed by atoms with Crippen molar-refractivity contribution in [1.29, 1.82) is 0 Å². The zero-order chi connectivity index (χ0) is 35.4. The van der Waals surface area contributed by atoms with Crippen molar-refractivity contribution in [3.63, 3.8) is 0 Å². The molecule has 0 aliphatic rings. The third-order valence-corrected chi connectivity index (χ3v) is 9.21. The molecule has 296 valence electrons. The van der Waals surface area contributed by atoms with E-state index < -0.39 is 0 Å². The highest BCUT2D eigenvalue weighted by molar-refractivity contribution is 5.67. The summed E-state index contributed by atoms with van der Waals surface area (Å²) in [4.78, 5) is 12.4. The molecule has 5 heteroatoms. The van der Waals surface area contributed by atoms with Gasteiger partial charge in [-0.2, -0.15) is 0 Å². The van der Waals surface area contributed by atoms with E-state index in [1.54, 1.807) is 7.11 Å². The molecule has 1 amide bonds. The summed E-state index contributed by atoms with van der Waals surface area (Å²) in [5.41, 5.74) is 0. The number of carbonyl (C=O) groups excluding carboxylic acids is 1. The number of carbonyl (C=O) groups is 1. The normalized spacial score (nSPS) is 11.3. The average molecular weight is 698 g/mol. The SMILES string of the molecule is C.C=CCCCCCCCC(CCCCCCCCCCCCCCCCCC)OC(=O)NCCCOCCOC.CCCCCCCC. The van der Waals surface area contributed by atoms with Crippen LogP contribution in [0.5, 0.6) is 0 Å². The molecule has 0 heterocycles. The number of methoxy groups -OCH3 is 1. The minimum atomic E-state index is -0.274. The van der Waals surface area contributed by atoms with Gasteiger partial charge in [-0.1, -0.05) is 188 Å². The van der Waals surface area contributed by atoms with Crippen molar-refractivity contribution in [2.24, 2.45) is 0 Å². The molecule has 0 fully saturated rings. The fraction of sp³-hybridized carbons (Fsp3) is 0.932. The highest BCUT2D eigenvalue weighted by atomic mass is 16.6. The van der Waals surface area contributed by atoms with E-state index in [9.17, 15) is 4.79 Å². The van der Waals surface area contributed by atoms with Crippen LogP contribution in [-0.2, 0) is 14.2 Å². The Labute approximate surface area is 309 Å². The number of allylic oxidation sites excluding steroid dienone is 1. The topological polar surface area (TPSA) is 56.8 Å². The first-order valence-electron chi connectivity index (χ1n) is 21.3. The van der Waals surface area contributed by atoms with Gasteiger partial charge >= 0.3 is 6.09 Å². The Morgan fingerprint density at radius 2 is 0.939 bits per heavy atom. The average Bonchev–Trinajstić information content (AvgIpc) is 3.09. The van der Waals surface area contributed by atoms with Crippen molar-refractivity contribution in [2.75, 3.05) is 33.5 Å². The van der Waals surface area contributed by atoms with Gasteiger partial charge in [-0.25, -0.2) is 4.79 Å². The van der Waals surface area contributed by atoms with E-state index >= 15 is 0 Å². The molecule has 49 heavy (non-hydrogen) atoms. The molecule has 0 aromatic carbocycles. The van der Waals surface area contributed by atoms with E-state index in [-0.39, 0.29) is 19.6 Å². The van der Waals surface area contributed by atoms with Gasteiger partial charge in [0.15, 0.2) is 0 Å². The molecule has 5 nitrogen and oxygen atoms in total. The maximum Gasteiger partial charge on any atom is 0.407 e. The van der Waals surface area contributed by atoms with Gasteiger partial charge in [0.2, 0.25) is 0 Å². The molecule has 0 spiro atoms. The van der Waals surface area contributed by atoms with Gasteiger partial charge in [-0.15, -0.1) is 6.58 Å². The van der Waals surface area contributed by atoms with E-state index in [1.807, 2.05) is 6.08 Å². The molecule has 1 unspecified atom stereocenters. The summed E-state index contributed by atoms with van der Waals surface area (Å²) >= 11 is 0. The Bertz CT molecular complexity index is 593. The fourth-order valence-corrected chi connectivity index (χ4v) is 6.03. The molecule has 1 N–H and O–H groups in total. The summed E-state index contributed by atoms with van der Waals surface area (Å²) in [5.74, 6) is 0. The van der Waals surface area contributed by atoms with Crippen LogP contribution in [-0.4, -0.2) is 45.7 Å². The van der Waals surface area contributed by atoms with Crippen LogP contribution in [0.25, 0.3) is 0 Å². The summed E-state index contributed by atoms with van der Waals surface area (Å²) in [7, 11) is 1.67. The Hall–Kier alpha value is -1.07. The van der Waals surface area contributed by atoms with Gasteiger partial charge in [-0.05, 0) is 44.9 Å². The quantitative estimate of drug-likeness (QED) is 0.0515. The van der Waals surface area contributed by atoms with Crippen LogP contribution in [0.2, 0.25) is 0 Å². The summed E-state index contributed by atoms with van der Waals surface area (Å²) < 4.78 is 16.3. The van der Waals surface area contributed by atoms with Crippen molar-refractivity contribution in [1.82, 2.24) is 5.32 Å². The standard InChI is InChI=1S/C35H69NO4.C8H18.CH4/c1-4-6-8-10-12-13-14-15-16-17-18-19-20-22-24-26-29-34(28-25-23-21-11-9-7-5-2)40-35(37)36-30-27-31-39-33-32-38-3;1-3-5-7-8-6-4-2;/h5,34H,2,4,6-33H2,1,3H3,(H,36,37);3-8H2,1-2H3;1H4. The summed E-state index contributed by atoms with van der Waals surface area (Å²) in [6, 6.07) is 0. The molecular weight excluding hydrogens is 606 g/mol. The smallest absolute Gasteiger partial charge is 0.407 e. The molecular formula is C44H91NO4. The number of hydrogen-bond acceptors (Lipinski definition) is 4. The Kier molecular flexibility index (Phi) is 52.3. The molecule has 0 aliphatic heterocycles. The van der Waals surface area contributed by atoms with Crippen LogP contribution in [0, 0.1) is 0 Å². The van der Waals surface area contributed by atoms with Gasteiger partial charge in [-0.3, -0.25) is 0 Å². The molecule has 0 aliphatic carbocycles. The Morgan fingerprint density at radius 3 is 1.33 bits per heavy atom. The molecule has 0 radical (unpaired) electrons. The van der Waals surface area contributed by atoms with E-state index in [0.29, 0.717) is 26.4 Å². The monoisotopic (exact) mass is 698 g/mol. The minimum absolute atomic E-state index is 0. The van der Waals surface area contributed by atoms with Gasteiger partial charge in [0.25, 0.3) is 0 Å². The van der Waals surface area contributed by atoms with Crippen molar-refractivity contribution in [2.45, 2.75) is 233 Å². The lowest BCUT2D eigenvalue weighted by Gasteiger charge is -2.18. The van der Waals surface area contributed by atoms with E-state index in [1.165, 1.54) is 161 Å². The van der Waals surface area contributed by atoms with E-state index in [0.717, 1.165) is 38.5 Å². The second-order valence-corrected chi connectivity index (χ2v) is 14.1. The highest BCUT2D eigenvalue weighted by Crippen LogP contribution is 2.18. The number of alkyl carbamates (subject to hydrolysis) is 1. The predicted octanol–water partition coefficient (Wildman–Crippen LogP) is 14.7. The molecule has 0 saturated heterocycles. The predicted molar refractivity (Wildman–Crippen MR) is 218 cm³/mol. The third-order valence-electron chi connectivity index (χ3n) is 9.21. The fourth-order valence-electron chi connectivity index (χ4n) is 6.03. The lowest BCUT2D eigenvalue weighted by Crippen LogP contribution is -2.30. The van der Waals surface area contributed by atoms with Gasteiger partial charge < -0.3 is 19.5 Å². The first-order valence-corrected chi connectivity index (χ1v) is 21.3. The van der Waals surface area contributed by atoms with Crippen molar-refractivity contribution in [3.05, 3.63) is 12.7 Å². The number of amides is 1.